The van der Waals surface area contributed by atoms with Crippen LogP contribution in [0.1, 0.15) is 30.5 Å². The van der Waals surface area contributed by atoms with E-state index in [0.29, 0.717) is 13.1 Å². The summed E-state index contributed by atoms with van der Waals surface area (Å²) in [6.07, 6.45) is 1.80. The number of halogens is 1. The zero-order chi connectivity index (χ0) is 19.2. The molecule has 0 spiro atoms. The fourth-order valence-electron chi connectivity index (χ4n) is 3.55. The highest BCUT2D eigenvalue weighted by Gasteiger charge is 2.22. The fourth-order valence-corrected chi connectivity index (χ4v) is 3.55. The average molecular weight is 369 g/mol. The van der Waals surface area contributed by atoms with Gasteiger partial charge in [0, 0.05) is 38.4 Å². The summed E-state index contributed by atoms with van der Waals surface area (Å²) in [6.45, 7) is 8.04. The Hall–Kier alpha value is -2.40. The molecule has 0 aliphatic carbocycles. The second kappa shape index (κ2) is 9.00. The molecule has 0 saturated carbocycles. The first-order valence-corrected chi connectivity index (χ1v) is 9.74. The predicted molar refractivity (Wildman–Crippen MR) is 107 cm³/mol. The molecule has 3 rings (SSSR count). The molecule has 5 heteroatoms. The number of hydrogen-bond acceptors (Lipinski definition) is 2. The van der Waals surface area contributed by atoms with Crippen LogP contribution in [0.25, 0.3) is 0 Å². The number of amides is 2. The van der Waals surface area contributed by atoms with Crippen LogP contribution in [0.4, 0.5) is 14.9 Å². The maximum Gasteiger partial charge on any atom is 0.321 e. The average Bonchev–Trinajstić information content (AvgIpc) is 2.70. The van der Waals surface area contributed by atoms with Crippen molar-refractivity contribution in [3.63, 3.8) is 0 Å². The molecular weight excluding hydrogens is 341 g/mol. The number of carbonyl (C=O) groups excluding carboxylic acids is 1. The maximum absolute atomic E-state index is 13.0. The van der Waals surface area contributed by atoms with E-state index in [-0.39, 0.29) is 11.8 Å². The van der Waals surface area contributed by atoms with Crippen LogP contribution < -0.4 is 5.32 Å². The van der Waals surface area contributed by atoms with E-state index in [1.54, 1.807) is 0 Å². The Labute approximate surface area is 161 Å². The second-order valence-corrected chi connectivity index (χ2v) is 6.98. The first-order valence-electron chi connectivity index (χ1n) is 9.74. The molecule has 0 radical (unpaired) electrons. The first kappa shape index (κ1) is 19.4. The lowest BCUT2D eigenvalue weighted by Gasteiger charge is -2.35. The number of nitrogens with one attached hydrogen (secondary N) is 1. The number of rotatable bonds is 5. The monoisotopic (exact) mass is 369 g/mol. The Morgan fingerprint density at radius 2 is 1.56 bits per heavy atom. The van der Waals surface area contributed by atoms with Crippen LogP contribution in [-0.4, -0.2) is 42.0 Å². The fraction of sp³-hybridized carbons (Fsp3) is 0.409. The lowest BCUT2D eigenvalue weighted by molar-refractivity contribution is 0.143. The van der Waals surface area contributed by atoms with E-state index in [1.165, 1.54) is 23.3 Å². The molecule has 1 heterocycles. The van der Waals surface area contributed by atoms with Crippen molar-refractivity contribution >= 4 is 11.7 Å². The van der Waals surface area contributed by atoms with Gasteiger partial charge in [-0.05, 0) is 41.7 Å². The molecule has 4 nitrogen and oxygen atoms in total. The van der Waals surface area contributed by atoms with Gasteiger partial charge in [0.15, 0.2) is 0 Å². The van der Waals surface area contributed by atoms with Crippen LogP contribution in [0, 0.1) is 5.82 Å². The van der Waals surface area contributed by atoms with E-state index in [9.17, 15) is 9.18 Å². The molecule has 1 aliphatic rings. The topological polar surface area (TPSA) is 35.6 Å². The number of para-hydroxylation sites is 1. The number of benzene rings is 2. The quantitative estimate of drug-likeness (QED) is 0.853. The highest BCUT2D eigenvalue weighted by molar-refractivity contribution is 5.91. The number of piperazine rings is 1. The summed E-state index contributed by atoms with van der Waals surface area (Å²) < 4.78 is 13.0. The van der Waals surface area contributed by atoms with E-state index in [1.807, 2.05) is 17.0 Å². The van der Waals surface area contributed by atoms with Crippen molar-refractivity contribution in [2.75, 3.05) is 31.5 Å². The minimum absolute atomic E-state index is 0.0213. The van der Waals surface area contributed by atoms with Crippen LogP contribution in [0.15, 0.2) is 42.5 Å². The number of urea groups is 1. The normalized spacial score (nSPS) is 15.0. The third-order valence-corrected chi connectivity index (χ3v) is 5.21. The third-order valence-electron chi connectivity index (χ3n) is 5.21. The van der Waals surface area contributed by atoms with Crippen LogP contribution in [-0.2, 0) is 19.4 Å². The van der Waals surface area contributed by atoms with Crippen LogP contribution >= 0.6 is 0 Å². The largest absolute Gasteiger partial charge is 0.322 e. The summed E-state index contributed by atoms with van der Waals surface area (Å²) in [5.41, 5.74) is 4.43. The van der Waals surface area contributed by atoms with Crippen molar-refractivity contribution in [3.8, 4) is 0 Å². The Bertz CT molecular complexity index is 745. The zero-order valence-electron chi connectivity index (χ0n) is 16.2. The van der Waals surface area contributed by atoms with Gasteiger partial charge in [0.1, 0.15) is 5.82 Å². The smallest absolute Gasteiger partial charge is 0.321 e. The van der Waals surface area contributed by atoms with E-state index >= 15 is 0 Å². The summed E-state index contributed by atoms with van der Waals surface area (Å²) in [5, 5.41) is 3.15. The van der Waals surface area contributed by atoms with E-state index in [2.05, 4.69) is 42.3 Å². The van der Waals surface area contributed by atoms with Crippen molar-refractivity contribution in [2.24, 2.45) is 0 Å². The molecular formula is C22H28FN3O. The van der Waals surface area contributed by atoms with Crippen molar-refractivity contribution in [1.82, 2.24) is 9.80 Å². The SMILES string of the molecule is CCc1cccc(CC)c1NC(=O)N1CCN(Cc2ccc(F)cc2)CC1. The van der Waals surface area contributed by atoms with Crippen LogP contribution in [0.5, 0.6) is 0 Å². The van der Waals surface area contributed by atoms with Gasteiger partial charge in [-0.15, -0.1) is 0 Å². The molecule has 144 valence electrons. The first-order chi connectivity index (χ1) is 13.1. The van der Waals surface area contributed by atoms with Crippen molar-refractivity contribution < 1.29 is 9.18 Å². The van der Waals surface area contributed by atoms with Crippen molar-refractivity contribution in [1.29, 1.82) is 0 Å². The maximum atomic E-state index is 13.0. The molecule has 1 N–H and O–H groups in total. The molecule has 27 heavy (non-hydrogen) atoms. The Kier molecular flexibility index (Phi) is 6.45. The molecule has 1 aliphatic heterocycles. The third kappa shape index (κ3) is 4.86. The lowest BCUT2D eigenvalue weighted by atomic mass is 10.0. The summed E-state index contributed by atoms with van der Waals surface area (Å²) in [4.78, 5) is 16.9. The van der Waals surface area contributed by atoms with Gasteiger partial charge in [0.05, 0.1) is 0 Å². The highest BCUT2D eigenvalue weighted by atomic mass is 19.1. The molecule has 0 bridgehead atoms. The van der Waals surface area contributed by atoms with Gasteiger partial charge in [-0.2, -0.15) is 0 Å². The van der Waals surface area contributed by atoms with Crippen molar-refractivity contribution in [2.45, 2.75) is 33.2 Å². The van der Waals surface area contributed by atoms with Crippen molar-refractivity contribution in [3.05, 3.63) is 65.0 Å². The number of hydrogen-bond donors (Lipinski definition) is 1. The molecule has 1 fully saturated rings. The molecule has 0 aromatic heterocycles. The van der Waals surface area contributed by atoms with E-state index in [0.717, 1.165) is 43.7 Å². The summed E-state index contributed by atoms with van der Waals surface area (Å²) in [7, 11) is 0. The van der Waals surface area contributed by atoms with Gasteiger partial charge in [-0.3, -0.25) is 4.90 Å². The number of carbonyl (C=O) groups is 1. The zero-order valence-corrected chi connectivity index (χ0v) is 16.2. The number of aryl methyl sites for hydroxylation is 2. The minimum atomic E-state index is -0.209. The molecule has 2 amide bonds. The lowest BCUT2D eigenvalue weighted by Crippen LogP contribution is -2.49. The predicted octanol–water partition coefficient (Wildman–Crippen LogP) is 4.30. The van der Waals surface area contributed by atoms with E-state index in [4.69, 9.17) is 0 Å². The van der Waals surface area contributed by atoms with Gasteiger partial charge in [0.2, 0.25) is 0 Å². The number of nitrogens with zero attached hydrogens (tertiary/aromatic N) is 2. The summed E-state index contributed by atoms with van der Waals surface area (Å²) in [5.74, 6) is -0.209. The van der Waals surface area contributed by atoms with Crippen LogP contribution in [0.3, 0.4) is 0 Å². The molecule has 2 aromatic rings. The Balaban J connectivity index is 1.57. The number of anilines is 1. The van der Waals surface area contributed by atoms with E-state index < -0.39 is 0 Å². The summed E-state index contributed by atoms with van der Waals surface area (Å²) >= 11 is 0. The molecule has 0 unspecified atom stereocenters. The second-order valence-electron chi connectivity index (χ2n) is 6.98. The summed E-state index contributed by atoms with van der Waals surface area (Å²) in [6, 6.07) is 12.8. The molecule has 2 aromatic carbocycles. The standard InChI is InChI=1S/C22H28FN3O/c1-3-18-6-5-7-19(4-2)21(18)24-22(27)26-14-12-25(13-15-26)16-17-8-10-20(23)11-9-17/h5-11H,3-4,12-16H2,1-2H3,(H,24,27). The van der Waals surface area contributed by atoms with Gasteiger partial charge in [0.25, 0.3) is 0 Å². The van der Waals surface area contributed by atoms with Gasteiger partial charge >= 0.3 is 6.03 Å². The van der Waals surface area contributed by atoms with Crippen LogP contribution in [0.2, 0.25) is 0 Å². The Morgan fingerprint density at radius 3 is 2.11 bits per heavy atom. The van der Waals surface area contributed by atoms with Gasteiger partial charge in [-0.25, -0.2) is 9.18 Å². The molecule has 0 atom stereocenters. The minimum Gasteiger partial charge on any atom is -0.322 e. The van der Waals surface area contributed by atoms with Gasteiger partial charge < -0.3 is 10.2 Å². The van der Waals surface area contributed by atoms with Gasteiger partial charge in [-0.1, -0.05) is 44.2 Å². The Morgan fingerprint density at radius 1 is 0.963 bits per heavy atom. The highest BCUT2D eigenvalue weighted by Crippen LogP contribution is 2.23. The molecule has 1 saturated heterocycles.